The first kappa shape index (κ1) is 27.3. The molecule has 0 radical (unpaired) electrons. The van der Waals surface area contributed by atoms with E-state index in [1.54, 1.807) is 0 Å². The summed E-state index contributed by atoms with van der Waals surface area (Å²) in [5, 5.41) is 16.8. The first-order valence-corrected chi connectivity index (χ1v) is 0.577. The van der Waals surface area contributed by atoms with Crippen LogP contribution in [0.3, 0.4) is 0 Å². The van der Waals surface area contributed by atoms with E-state index in [0.29, 0.717) is 0 Å². The summed E-state index contributed by atoms with van der Waals surface area (Å²) in [4.78, 5) is 0. The molecule has 6 heteroatoms. The van der Waals surface area contributed by atoms with Crippen LogP contribution in [0.2, 0.25) is 0 Å². The van der Waals surface area contributed by atoms with Gasteiger partial charge in [-0.2, -0.15) is 9.90 Å². The fourth-order valence-electron chi connectivity index (χ4n) is 0. The first-order chi connectivity index (χ1) is 1.41. The molecule has 1 atom stereocenters. The van der Waals surface area contributed by atoms with Crippen LogP contribution in [0.1, 0.15) is 0 Å². The second-order valence-electron chi connectivity index (χ2n) is 0.118. The van der Waals surface area contributed by atoms with E-state index in [1.807, 2.05) is 0 Å². The summed E-state index contributed by atoms with van der Waals surface area (Å²) in [6, 6.07) is 0. The van der Waals surface area contributed by atoms with Crippen molar-refractivity contribution in [1.29, 1.82) is 0 Å². The Bertz CT molecular complexity index is 10.8. The van der Waals surface area contributed by atoms with E-state index in [-0.39, 0.29) is 38.4 Å². The number of rotatable bonds is 0. The molecule has 0 saturated carbocycles. The third kappa shape index (κ3) is 67.7. The van der Waals surface area contributed by atoms with Crippen molar-refractivity contribution in [3.63, 3.8) is 0 Å². The Morgan fingerprint density at radius 1 is 1.17 bits per heavy atom. The van der Waals surface area contributed by atoms with Crippen molar-refractivity contribution in [3.05, 3.63) is 0 Å². The molecule has 0 spiro atoms. The Labute approximate surface area is 56.5 Å². The van der Waals surface area contributed by atoms with Gasteiger partial charge in [0.25, 0.3) is 0 Å². The molecule has 0 heterocycles. The molecule has 3 nitrogen and oxygen atoms in total. The molecular weight excluding hydrogens is 114 g/mol. The fourth-order valence-corrected chi connectivity index (χ4v) is 0. The van der Waals surface area contributed by atoms with Crippen molar-refractivity contribution in [2.75, 3.05) is 0 Å². The molecule has 0 amide bonds. The van der Waals surface area contributed by atoms with Gasteiger partial charge < -0.3 is 15.5 Å². The van der Waals surface area contributed by atoms with E-state index < -0.39 is 7.69 Å². The molecule has 34 valence electrons. The van der Waals surface area contributed by atoms with Gasteiger partial charge in [0.15, 0.2) is 0 Å². The monoisotopic (exact) mass is 120 g/mol. The molecule has 0 rings (SSSR count). The van der Waals surface area contributed by atoms with Gasteiger partial charge in [0, 0.05) is 0 Å². The Morgan fingerprint density at radius 2 is 1.17 bits per heavy atom. The van der Waals surface area contributed by atoms with Crippen LogP contribution in [-0.2, 0) is 0 Å². The third-order valence-corrected chi connectivity index (χ3v) is 0. The van der Waals surface area contributed by atoms with E-state index in [1.165, 1.54) is 0 Å². The maximum Gasteiger partial charge on any atom is 2.00 e. The fraction of sp³-hybridized carbons (Fsp3) is 0. The van der Waals surface area contributed by atoms with Gasteiger partial charge in [-0.3, -0.25) is 0 Å². The molecule has 1 unspecified atom stereocenters. The summed E-state index contributed by atoms with van der Waals surface area (Å²) in [5.41, 5.74) is 0. The molecule has 0 aromatic heterocycles. The summed E-state index contributed by atoms with van der Waals surface area (Å²) in [7, 11) is -1.25. The molecule has 2 N–H and O–H groups in total. The second-order valence-corrected chi connectivity index (χ2v) is 0.118. The van der Waals surface area contributed by atoms with Crippen LogP contribution in [0, 0.1) is 0 Å². The standard InChI is InChI=1S/BHO2.Mg.H2O.H3P/c2-1-3;;;/h1H;;1H2;1H3/q-2;+2;;. The first-order valence-electron chi connectivity index (χ1n) is 0.577. The van der Waals surface area contributed by atoms with Gasteiger partial charge in [-0.05, 0) is 0 Å². The molecule has 0 bridgehead atoms. The van der Waals surface area contributed by atoms with Gasteiger partial charge in [0.05, 0.1) is 0 Å². The average Bonchev–Trinajstić information content (AvgIpc) is 0.918. The van der Waals surface area contributed by atoms with Gasteiger partial charge in [0.1, 0.15) is 0 Å². The summed E-state index contributed by atoms with van der Waals surface area (Å²) in [6.07, 6.45) is 0. The van der Waals surface area contributed by atoms with Crippen molar-refractivity contribution in [3.8, 4) is 0 Å². The van der Waals surface area contributed by atoms with Crippen LogP contribution < -0.4 is 10.0 Å². The minimum atomic E-state index is -1.25. The van der Waals surface area contributed by atoms with Crippen LogP contribution in [0.4, 0.5) is 0 Å². The smallest absolute Gasteiger partial charge is 0.896 e. The summed E-state index contributed by atoms with van der Waals surface area (Å²) >= 11 is 0. The molecule has 6 heavy (non-hydrogen) atoms. The predicted molar refractivity (Wildman–Crippen MR) is 27.6 cm³/mol. The number of hydrogen-bond acceptors (Lipinski definition) is 2. The molecule has 0 fully saturated rings. The van der Waals surface area contributed by atoms with Crippen molar-refractivity contribution in [1.82, 2.24) is 0 Å². The summed E-state index contributed by atoms with van der Waals surface area (Å²) in [6.45, 7) is 0. The van der Waals surface area contributed by atoms with Gasteiger partial charge in [0.2, 0.25) is 0 Å². The Balaban J connectivity index is -0.00000000667. The SMILES string of the molecule is O.P.[Mg+2].[O-]B[O-]. The van der Waals surface area contributed by atoms with Crippen LogP contribution in [-0.4, -0.2) is 36.2 Å². The number of hydrogen-bond donors (Lipinski definition) is 0. The van der Waals surface area contributed by atoms with E-state index in [9.17, 15) is 0 Å². The zero-order chi connectivity index (χ0) is 2.71. The van der Waals surface area contributed by atoms with Crippen molar-refractivity contribution >= 4 is 40.6 Å². The van der Waals surface area contributed by atoms with E-state index >= 15 is 0 Å². The van der Waals surface area contributed by atoms with Crippen molar-refractivity contribution in [2.45, 2.75) is 0 Å². The van der Waals surface area contributed by atoms with Crippen LogP contribution in [0.15, 0.2) is 0 Å². The summed E-state index contributed by atoms with van der Waals surface area (Å²) < 4.78 is 0. The van der Waals surface area contributed by atoms with Gasteiger partial charge in [-0.1, -0.05) is 0 Å². The Hall–Kier alpha value is 1.14. The molecule has 0 aliphatic carbocycles. The molecular formula is H6BMgO3P. The van der Waals surface area contributed by atoms with Crippen molar-refractivity contribution in [2.24, 2.45) is 0 Å². The van der Waals surface area contributed by atoms with Gasteiger partial charge >= 0.3 is 23.1 Å². The third-order valence-electron chi connectivity index (χ3n) is 0. The van der Waals surface area contributed by atoms with E-state index in [4.69, 9.17) is 10.0 Å². The van der Waals surface area contributed by atoms with E-state index in [0.717, 1.165) is 0 Å². The van der Waals surface area contributed by atoms with Crippen molar-refractivity contribution < 1.29 is 15.5 Å². The molecule has 0 aromatic rings. The molecule has 0 aliphatic rings. The largest absolute Gasteiger partial charge is 2.00 e. The van der Waals surface area contributed by atoms with Gasteiger partial charge in [-0.15, -0.1) is 7.69 Å². The van der Waals surface area contributed by atoms with Crippen LogP contribution in [0.25, 0.3) is 0 Å². The summed E-state index contributed by atoms with van der Waals surface area (Å²) in [5.74, 6) is 0. The van der Waals surface area contributed by atoms with Crippen LogP contribution in [0.5, 0.6) is 0 Å². The predicted octanol–water partition coefficient (Wildman–Crippen LogP) is -4.17. The zero-order valence-electron chi connectivity index (χ0n) is 3.44. The topological polar surface area (TPSA) is 77.6 Å². The van der Waals surface area contributed by atoms with E-state index in [2.05, 4.69) is 0 Å². The average molecular weight is 120 g/mol. The normalized spacial score (nSPS) is 2.33. The quantitative estimate of drug-likeness (QED) is 0.240. The molecule has 0 saturated heterocycles. The minimum Gasteiger partial charge on any atom is -0.896 e. The Morgan fingerprint density at radius 3 is 1.17 bits per heavy atom. The van der Waals surface area contributed by atoms with Gasteiger partial charge in [-0.25, -0.2) is 0 Å². The minimum absolute atomic E-state index is 0. The maximum absolute atomic E-state index is 8.38. The van der Waals surface area contributed by atoms with Crippen LogP contribution >= 0.6 is 9.90 Å². The zero-order valence-corrected chi connectivity index (χ0v) is 6.27. The molecule has 0 aromatic carbocycles. The molecule has 0 aliphatic heterocycles. The second kappa shape index (κ2) is 35.4. The maximum atomic E-state index is 8.38. The Kier molecular flexibility index (Phi) is 161.